The number of rotatable bonds is 8. The Balaban J connectivity index is 2.11. The summed E-state index contributed by atoms with van der Waals surface area (Å²) in [5.41, 5.74) is 3.33. The molecule has 0 radical (unpaired) electrons. The number of nitrogens with zero attached hydrogens (tertiary/aromatic N) is 2. The molecule has 0 saturated heterocycles. The van der Waals surface area contributed by atoms with Crippen LogP contribution >= 0.6 is 0 Å². The highest BCUT2D eigenvalue weighted by molar-refractivity contribution is 5.98. The summed E-state index contributed by atoms with van der Waals surface area (Å²) in [6.07, 6.45) is 0.973. The number of carbonyl (C=O) groups excluding carboxylic acids is 1. The van der Waals surface area contributed by atoms with Gasteiger partial charge >= 0.3 is 11.8 Å². The second kappa shape index (κ2) is 11.0. The van der Waals surface area contributed by atoms with Crippen LogP contribution in [0.4, 0.5) is 21.9 Å². The van der Waals surface area contributed by atoms with E-state index in [2.05, 4.69) is 13.8 Å². The Bertz CT molecular complexity index is 1180. The van der Waals surface area contributed by atoms with Crippen molar-refractivity contribution in [2.75, 3.05) is 4.90 Å². The van der Waals surface area contributed by atoms with Gasteiger partial charge in [0.2, 0.25) is 0 Å². The number of aryl methyl sites for hydroxylation is 2. The zero-order valence-electron chi connectivity index (χ0n) is 20.9. The Morgan fingerprint density at radius 1 is 0.886 bits per heavy atom. The van der Waals surface area contributed by atoms with Crippen LogP contribution in [0.5, 0.6) is 5.75 Å². The third-order valence-electron chi connectivity index (χ3n) is 5.44. The van der Waals surface area contributed by atoms with Crippen molar-refractivity contribution in [1.29, 1.82) is 0 Å². The third kappa shape index (κ3) is 6.18. The lowest BCUT2D eigenvalue weighted by atomic mass is 10.0. The predicted molar refractivity (Wildman–Crippen MR) is 137 cm³/mol. The van der Waals surface area contributed by atoms with Crippen LogP contribution in [0.15, 0.2) is 66.7 Å². The maximum atomic E-state index is 13.6. The van der Waals surface area contributed by atoms with Gasteiger partial charge in [0.15, 0.2) is 5.75 Å². The third-order valence-corrected chi connectivity index (χ3v) is 5.44. The molecule has 184 valence electrons. The van der Waals surface area contributed by atoms with Crippen LogP contribution < -0.4 is 9.64 Å². The molecular formula is C28H32N2O5. The van der Waals surface area contributed by atoms with Crippen molar-refractivity contribution in [3.63, 3.8) is 0 Å². The second-order valence-electron chi connectivity index (χ2n) is 9.09. The molecule has 0 aliphatic rings. The SMILES string of the molecule is CCc1cccc(CC)c1N(C(=O)OC(C)(C)C)c1ccccc1COc1ccccc1[N+](=O)[O-]. The first-order valence-corrected chi connectivity index (χ1v) is 11.7. The molecule has 3 aromatic rings. The Kier molecular flexibility index (Phi) is 8.12. The summed E-state index contributed by atoms with van der Waals surface area (Å²) in [5.74, 6) is 0.166. The van der Waals surface area contributed by atoms with E-state index in [1.807, 2.05) is 63.2 Å². The average Bonchev–Trinajstić information content (AvgIpc) is 2.82. The van der Waals surface area contributed by atoms with E-state index < -0.39 is 16.6 Å². The minimum absolute atomic E-state index is 0.0378. The number of nitro groups is 1. The number of benzene rings is 3. The van der Waals surface area contributed by atoms with Crippen molar-refractivity contribution in [2.45, 2.75) is 59.7 Å². The normalized spacial score (nSPS) is 11.1. The maximum Gasteiger partial charge on any atom is 0.419 e. The maximum absolute atomic E-state index is 13.6. The molecule has 3 aromatic carbocycles. The van der Waals surface area contributed by atoms with Gasteiger partial charge in [-0.3, -0.25) is 10.1 Å². The fourth-order valence-electron chi connectivity index (χ4n) is 3.86. The molecule has 7 nitrogen and oxygen atoms in total. The van der Waals surface area contributed by atoms with Gasteiger partial charge in [-0.05, 0) is 56.9 Å². The Morgan fingerprint density at radius 3 is 2.06 bits per heavy atom. The lowest BCUT2D eigenvalue weighted by Crippen LogP contribution is -2.35. The van der Waals surface area contributed by atoms with Gasteiger partial charge in [0.05, 0.1) is 16.3 Å². The highest BCUT2D eigenvalue weighted by Gasteiger charge is 2.29. The van der Waals surface area contributed by atoms with Crippen LogP contribution in [0, 0.1) is 10.1 Å². The molecule has 1 amide bonds. The highest BCUT2D eigenvalue weighted by Crippen LogP contribution is 2.37. The monoisotopic (exact) mass is 476 g/mol. The number of amides is 1. The molecule has 0 aliphatic carbocycles. The summed E-state index contributed by atoms with van der Waals surface area (Å²) in [4.78, 5) is 26.2. The van der Waals surface area contributed by atoms with Gasteiger partial charge in [0.1, 0.15) is 12.2 Å². The minimum Gasteiger partial charge on any atom is -0.482 e. The molecule has 0 atom stereocenters. The van der Waals surface area contributed by atoms with E-state index in [9.17, 15) is 14.9 Å². The minimum atomic E-state index is -0.695. The van der Waals surface area contributed by atoms with Gasteiger partial charge in [-0.1, -0.05) is 62.4 Å². The first-order chi connectivity index (χ1) is 16.7. The molecule has 0 aliphatic heterocycles. The molecular weight excluding hydrogens is 444 g/mol. The van der Waals surface area contributed by atoms with Crippen molar-refractivity contribution in [3.05, 3.63) is 93.5 Å². The molecule has 0 aromatic heterocycles. The van der Waals surface area contributed by atoms with Crippen LogP contribution in [0.1, 0.15) is 51.3 Å². The van der Waals surface area contributed by atoms with Crippen molar-refractivity contribution in [2.24, 2.45) is 0 Å². The van der Waals surface area contributed by atoms with Crippen molar-refractivity contribution >= 4 is 23.2 Å². The molecule has 0 N–H and O–H groups in total. The molecule has 0 unspecified atom stereocenters. The number of nitro benzene ring substituents is 1. The van der Waals surface area contributed by atoms with Crippen molar-refractivity contribution < 1.29 is 19.2 Å². The molecule has 3 rings (SSSR count). The van der Waals surface area contributed by atoms with Crippen LogP contribution in [-0.4, -0.2) is 16.6 Å². The standard InChI is InChI=1S/C28H32N2O5/c1-6-20-14-12-15-21(7-2)26(20)29(27(31)35-28(3,4)5)23-16-9-8-13-22(23)19-34-25-18-11-10-17-24(25)30(32)33/h8-18H,6-7,19H2,1-5H3. The van der Waals surface area contributed by atoms with Gasteiger partial charge in [0.25, 0.3) is 0 Å². The van der Waals surface area contributed by atoms with E-state index in [0.29, 0.717) is 11.3 Å². The van der Waals surface area contributed by atoms with Gasteiger partial charge < -0.3 is 9.47 Å². The average molecular weight is 477 g/mol. The fourth-order valence-corrected chi connectivity index (χ4v) is 3.86. The molecule has 0 fully saturated rings. The van der Waals surface area contributed by atoms with Gasteiger partial charge in [0, 0.05) is 11.6 Å². The summed E-state index contributed by atoms with van der Waals surface area (Å²) in [6, 6.07) is 19.7. The Morgan fingerprint density at radius 2 is 1.46 bits per heavy atom. The summed E-state index contributed by atoms with van der Waals surface area (Å²) in [7, 11) is 0. The Hall–Kier alpha value is -3.87. The lowest BCUT2D eigenvalue weighted by Gasteiger charge is -2.31. The van der Waals surface area contributed by atoms with E-state index in [0.717, 1.165) is 29.7 Å². The van der Waals surface area contributed by atoms with E-state index in [1.165, 1.54) is 6.07 Å². The second-order valence-corrected chi connectivity index (χ2v) is 9.09. The molecule has 0 bridgehead atoms. The van der Waals surface area contributed by atoms with Crippen LogP contribution in [0.3, 0.4) is 0 Å². The highest BCUT2D eigenvalue weighted by atomic mass is 16.6. The number of hydrogen-bond donors (Lipinski definition) is 0. The zero-order chi connectivity index (χ0) is 25.6. The van der Waals surface area contributed by atoms with Crippen molar-refractivity contribution in [3.8, 4) is 5.75 Å². The lowest BCUT2D eigenvalue weighted by molar-refractivity contribution is -0.385. The van der Waals surface area contributed by atoms with E-state index >= 15 is 0 Å². The van der Waals surface area contributed by atoms with Crippen LogP contribution in [0.25, 0.3) is 0 Å². The largest absolute Gasteiger partial charge is 0.482 e. The molecule has 7 heteroatoms. The Labute approximate surface area is 206 Å². The first kappa shape index (κ1) is 25.7. The summed E-state index contributed by atoms with van der Waals surface area (Å²) in [5, 5.41) is 11.4. The first-order valence-electron chi connectivity index (χ1n) is 11.7. The molecule has 0 spiro atoms. The summed E-state index contributed by atoms with van der Waals surface area (Å²) in [6.45, 7) is 9.64. The number of para-hydroxylation sites is 4. The van der Waals surface area contributed by atoms with Crippen molar-refractivity contribution in [1.82, 2.24) is 0 Å². The smallest absolute Gasteiger partial charge is 0.419 e. The van der Waals surface area contributed by atoms with Crippen LogP contribution in [-0.2, 0) is 24.2 Å². The number of ether oxygens (including phenoxy) is 2. The van der Waals surface area contributed by atoms with Crippen LogP contribution in [0.2, 0.25) is 0 Å². The quantitative estimate of drug-likeness (QED) is 0.250. The molecule has 0 heterocycles. The van der Waals surface area contributed by atoms with Gasteiger partial charge in [-0.2, -0.15) is 0 Å². The molecule has 0 saturated carbocycles. The summed E-state index contributed by atoms with van der Waals surface area (Å²) < 4.78 is 11.7. The van der Waals surface area contributed by atoms with Gasteiger partial charge in [-0.25, -0.2) is 9.69 Å². The zero-order valence-corrected chi connectivity index (χ0v) is 20.9. The number of carbonyl (C=O) groups is 1. The summed E-state index contributed by atoms with van der Waals surface area (Å²) >= 11 is 0. The number of hydrogen-bond acceptors (Lipinski definition) is 5. The topological polar surface area (TPSA) is 81.9 Å². The number of anilines is 2. The molecule has 35 heavy (non-hydrogen) atoms. The predicted octanol–water partition coefficient (Wildman–Crippen LogP) is 7.37. The van der Waals surface area contributed by atoms with Gasteiger partial charge in [-0.15, -0.1) is 0 Å². The van der Waals surface area contributed by atoms with E-state index in [4.69, 9.17) is 9.47 Å². The fraction of sp³-hybridized carbons (Fsp3) is 0.321. The van der Waals surface area contributed by atoms with E-state index in [-0.39, 0.29) is 18.0 Å². The van der Waals surface area contributed by atoms with E-state index in [1.54, 1.807) is 23.1 Å².